The van der Waals surface area contributed by atoms with Crippen molar-refractivity contribution in [3.8, 4) is 0 Å². The smallest absolute Gasteiger partial charge is 0.157 e. The van der Waals surface area contributed by atoms with Crippen molar-refractivity contribution in [2.24, 2.45) is 0 Å². The molecule has 0 saturated heterocycles. The fourth-order valence-electron chi connectivity index (χ4n) is 1.19. The molecule has 0 radical (unpaired) electrons. The number of nitrogens with zero attached hydrogens (tertiary/aromatic N) is 3. The Morgan fingerprint density at radius 2 is 2.31 bits per heavy atom. The first-order valence-electron chi connectivity index (χ1n) is 3.51. The summed E-state index contributed by atoms with van der Waals surface area (Å²) >= 11 is 2.08. The Balaban J connectivity index is 2.87. The van der Waals surface area contributed by atoms with Crippen LogP contribution in [0.25, 0.3) is 11.0 Å². The number of hydrogen-bond donors (Lipinski definition) is 0. The summed E-state index contributed by atoms with van der Waals surface area (Å²) < 4.78 is 15.0. The summed E-state index contributed by atoms with van der Waals surface area (Å²) in [6, 6.07) is 0. The molecule has 0 atom stereocenters. The van der Waals surface area contributed by atoms with Gasteiger partial charge in [-0.25, -0.2) is 14.4 Å². The Bertz CT molecular complexity index is 456. The van der Waals surface area contributed by atoms with Gasteiger partial charge in [0, 0.05) is 30.3 Å². The zero-order valence-corrected chi connectivity index (χ0v) is 9.63. The molecule has 0 fully saturated rings. The second-order valence-electron chi connectivity index (χ2n) is 2.53. The molecule has 68 valence electrons. The molecule has 0 amide bonds. The van der Waals surface area contributed by atoms with Crippen molar-refractivity contribution < 1.29 is 4.39 Å². The van der Waals surface area contributed by atoms with E-state index in [1.54, 1.807) is 10.9 Å². The lowest BCUT2D eigenvalue weighted by Crippen LogP contribution is -1.88. The average Bonchev–Trinajstić information content (AvgIpc) is 2.44. The van der Waals surface area contributed by atoms with Crippen molar-refractivity contribution in [3.05, 3.63) is 24.0 Å². The average molecular weight is 309 g/mol. The maximum Gasteiger partial charge on any atom is 0.157 e. The first-order chi connectivity index (χ1) is 6.24. The highest BCUT2D eigenvalue weighted by molar-refractivity contribution is 14.2. The van der Waals surface area contributed by atoms with Gasteiger partial charge in [-0.05, 0) is 6.92 Å². The molecule has 0 saturated carbocycles. The minimum absolute atomic E-state index is 0.266. The highest BCUT2D eigenvalue weighted by atomic mass is 127. The molecule has 0 spiro atoms. The molecule has 2 aromatic rings. The Kier molecular flexibility index (Phi) is 2.41. The molecular formula is C7H5FIN3S. The highest BCUT2D eigenvalue weighted by Crippen LogP contribution is 2.26. The van der Waals surface area contributed by atoms with Crippen molar-refractivity contribution in [1.29, 1.82) is 0 Å². The van der Waals surface area contributed by atoms with E-state index in [0.29, 0.717) is 16.7 Å². The fourth-order valence-corrected chi connectivity index (χ4v) is 2.43. The molecule has 0 N–H and O–H groups in total. The van der Waals surface area contributed by atoms with Crippen LogP contribution in [0.2, 0.25) is 0 Å². The molecule has 0 unspecified atom stereocenters. The number of halogens is 2. The Labute approximate surface area is 90.5 Å². The van der Waals surface area contributed by atoms with Gasteiger partial charge in [-0.2, -0.15) is 0 Å². The van der Waals surface area contributed by atoms with Crippen LogP contribution in [0, 0.1) is 12.7 Å². The van der Waals surface area contributed by atoms with Gasteiger partial charge in [-0.15, -0.1) is 0 Å². The molecule has 3 nitrogen and oxygen atoms in total. The van der Waals surface area contributed by atoms with Gasteiger partial charge in [0.15, 0.2) is 11.5 Å². The standard InChI is InChI=1S/C7H5FIN3S/c1-4-6-5(8)2-12(13-9)7(6)11-3-10-4/h2-3H,1H3. The highest BCUT2D eigenvalue weighted by Gasteiger charge is 2.11. The van der Waals surface area contributed by atoms with Gasteiger partial charge in [0.1, 0.15) is 6.33 Å². The van der Waals surface area contributed by atoms with Gasteiger partial charge in [0.25, 0.3) is 0 Å². The van der Waals surface area contributed by atoms with E-state index in [4.69, 9.17) is 0 Å². The summed E-state index contributed by atoms with van der Waals surface area (Å²) in [6.07, 6.45) is 2.86. The fraction of sp³-hybridized carbons (Fsp3) is 0.143. The largest absolute Gasteiger partial charge is 0.263 e. The van der Waals surface area contributed by atoms with Gasteiger partial charge in [-0.1, -0.05) is 0 Å². The van der Waals surface area contributed by atoms with Crippen molar-refractivity contribution >= 4 is 41.4 Å². The molecular weight excluding hydrogens is 304 g/mol. The molecule has 0 bridgehead atoms. The maximum absolute atomic E-state index is 13.3. The predicted octanol–water partition coefficient (Wildman–Crippen LogP) is 2.73. The number of fused-ring (bicyclic) bond motifs is 1. The van der Waals surface area contributed by atoms with Crippen molar-refractivity contribution in [3.63, 3.8) is 0 Å². The minimum atomic E-state index is -0.266. The summed E-state index contributed by atoms with van der Waals surface area (Å²) in [5.74, 6) is -0.266. The van der Waals surface area contributed by atoms with Crippen LogP contribution in [-0.4, -0.2) is 13.9 Å². The van der Waals surface area contributed by atoms with E-state index >= 15 is 0 Å². The third-order valence-corrected chi connectivity index (χ3v) is 3.47. The quantitative estimate of drug-likeness (QED) is 0.759. The van der Waals surface area contributed by atoms with Crippen LogP contribution < -0.4 is 0 Å². The lowest BCUT2D eigenvalue weighted by Gasteiger charge is -1.96. The van der Waals surface area contributed by atoms with Gasteiger partial charge >= 0.3 is 0 Å². The van der Waals surface area contributed by atoms with Gasteiger partial charge in [0.2, 0.25) is 0 Å². The Morgan fingerprint density at radius 1 is 1.54 bits per heavy atom. The zero-order chi connectivity index (χ0) is 9.42. The summed E-state index contributed by atoms with van der Waals surface area (Å²) in [6.45, 7) is 1.77. The molecule has 6 heteroatoms. The summed E-state index contributed by atoms with van der Waals surface area (Å²) in [5.41, 5.74) is 1.30. The van der Waals surface area contributed by atoms with Crippen molar-refractivity contribution in [2.45, 2.75) is 6.92 Å². The molecule has 0 aliphatic carbocycles. The van der Waals surface area contributed by atoms with Crippen molar-refractivity contribution in [1.82, 2.24) is 13.9 Å². The SMILES string of the molecule is Cc1ncnc2c1c(F)cn2SI. The predicted molar refractivity (Wildman–Crippen MR) is 59.2 cm³/mol. The van der Waals surface area contributed by atoms with E-state index < -0.39 is 0 Å². The monoisotopic (exact) mass is 309 g/mol. The summed E-state index contributed by atoms with van der Waals surface area (Å²) in [7, 11) is 1.38. The molecule has 2 rings (SSSR count). The molecule has 13 heavy (non-hydrogen) atoms. The molecule has 2 aromatic heterocycles. The van der Waals surface area contributed by atoms with Crippen LogP contribution in [0.5, 0.6) is 0 Å². The van der Waals surface area contributed by atoms with Crippen LogP contribution in [0.1, 0.15) is 5.69 Å². The molecule has 0 aliphatic heterocycles. The minimum Gasteiger partial charge on any atom is -0.263 e. The number of rotatable bonds is 1. The second kappa shape index (κ2) is 3.41. The van der Waals surface area contributed by atoms with Gasteiger partial charge in [-0.3, -0.25) is 3.97 Å². The van der Waals surface area contributed by atoms with E-state index in [1.165, 1.54) is 21.6 Å². The number of aromatic nitrogens is 3. The van der Waals surface area contributed by atoms with Crippen LogP contribution in [0.4, 0.5) is 4.39 Å². The maximum atomic E-state index is 13.3. The van der Waals surface area contributed by atoms with Crippen LogP contribution >= 0.6 is 30.3 Å². The Hall–Kier alpha value is -0.370. The van der Waals surface area contributed by atoms with Crippen LogP contribution in [0.15, 0.2) is 12.5 Å². The van der Waals surface area contributed by atoms with Crippen LogP contribution in [0.3, 0.4) is 0 Å². The van der Waals surface area contributed by atoms with E-state index in [1.807, 2.05) is 0 Å². The third kappa shape index (κ3) is 1.41. The summed E-state index contributed by atoms with van der Waals surface area (Å²) in [5, 5.41) is 0.506. The molecule has 0 aromatic carbocycles. The van der Waals surface area contributed by atoms with Crippen molar-refractivity contribution in [2.75, 3.05) is 0 Å². The first-order valence-corrected chi connectivity index (χ1v) is 6.83. The van der Waals surface area contributed by atoms with Crippen LogP contribution in [-0.2, 0) is 0 Å². The van der Waals surface area contributed by atoms with E-state index in [9.17, 15) is 4.39 Å². The summed E-state index contributed by atoms with van der Waals surface area (Å²) in [4.78, 5) is 7.96. The lowest BCUT2D eigenvalue weighted by molar-refractivity contribution is 0.637. The van der Waals surface area contributed by atoms with E-state index in [2.05, 4.69) is 31.2 Å². The lowest BCUT2D eigenvalue weighted by atomic mass is 10.3. The normalized spacial score (nSPS) is 11.0. The number of hydrogen-bond acceptors (Lipinski definition) is 3. The first kappa shape index (κ1) is 9.20. The topological polar surface area (TPSA) is 30.7 Å². The van der Waals surface area contributed by atoms with E-state index in [0.717, 1.165) is 0 Å². The Morgan fingerprint density at radius 3 is 3.00 bits per heavy atom. The van der Waals surface area contributed by atoms with E-state index in [-0.39, 0.29) is 5.82 Å². The van der Waals surface area contributed by atoms with Gasteiger partial charge in [0.05, 0.1) is 17.3 Å². The zero-order valence-electron chi connectivity index (χ0n) is 6.66. The molecule has 2 heterocycles. The second-order valence-corrected chi connectivity index (χ2v) is 4.24. The number of aryl methyl sites for hydroxylation is 1. The molecule has 0 aliphatic rings. The van der Waals surface area contributed by atoms with Gasteiger partial charge < -0.3 is 0 Å². The third-order valence-electron chi connectivity index (χ3n) is 1.77.